The lowest BCUT2D eigenvalue weighted by Crippen LogP contribution is -2.48. The van der Waals surface area contributed by atoms with Gasteiger partial charge in [-0.3, -0.25) is 9.59 Å². The summed E-state index contributed by atoms with van der Waals surface area (Å²) in [6, 6.07) is 10.8. The molecule has 1 aliphatic carbocycles. The number of carbonyl (C=O) groups is 2. The lowest BCUT2D eigenvalue weighted by molar-refractivity contribution is -0.134. The molecule has 4 rings (SSSR count). The summed E-state index contributed by atoms with van der Waals surface area (Å²) < 4.78 is 34.4. The molecule has 2 aliphatic rings. The van der Waals surface area contributed by atoms with E-state index in [-0.39, 0.29) is 54.7 Å². The molecule has 0 spiro atoms. The highest BCUT2D eigenvalue weighted by molar-refractivity contribution is 7.89. The molecular formula is C30H40ClN3O6S. The number of hydrogen-bond acceptors (Lipinski definition) is 6. The van der Waals surface area contributed by atoms with Crippen molar-refractivity contribution in [2.75, 3.05) is 32.1 Å². The Balaban J connectivity index is 1.62. The van der Waals surface area contributed by atoms with Gasteiger partial charge in [-0.25, -0.2) is 8.42 Å². The van der Waals surface area contributed by atoms with Crippen molar-refractivity contribution in [3.05, 3.63) is 53.1 Å². The van der Waals surface area contributed by atoms with Gasteiger partial charge in [0, 0.05) is 41.7 Å². The highest BCUT2D eigenvalue weighted by atomic mass is 35.5. The first kappa shape index (κ1) is 31.3. The number of rotatable bonds is 8. The summed E-state index contributed by atoms with van der Waals surface area (Å²) >= 11 is 5.95. The molecular weight excluding hydrogens is 566 g/mol. The molecule has 3 atom stereocenters. The number of ether oxygens (including phenoxy) is 1. The van der Waals surface area contributed by atoms with Crippen molar-refractivity contribution in [2.45, 2.75) is 69.4 Å². The SMILES string of the molecule is C[C@@H]1CN([C@H](C)CO)C(=O)Cc2cc(NC(=O)C3CCCCC3)ccc2O[C@@H]1CN(C)S(=O)(=O)c1ccc(Cl)cc1. The zero-order valence-corrected chi connectivity index (χ0v) is 25.5. The Morgan fingerprint density at radius 1 is 1.17 bits per heavy atom. The predicted octanol–water partition coefficient (Wildman–Crippen LogP) is 4.33. The number of amides is 2. The second kappa shape index (κ2) is 13.5. The Kier molecular flexibility index (Phi) is 10.3. The van der Waals surface area contributed by atoms with Crippen LogP contribution in [0.5, 0.6) is 5.75 Å². The molecule has 11 heteroatoms. The van der Waals surface area contributed by atoms with Crippen LogP contribution in [0.2, 0.25) is 5.02 Å². The Hall–Kier alpha value is -2.66. The van der Waals surface area contributed by atoms with Gasteiger partial charge in [-0.05, 0) is 62.2 Å². The second-order valence-electron chi connectivity index (χ2n) is 11.3. The summed E-state index contributed by atoms with van der Waals surface area (Å²) in [5, 5.41) is 13.3. The molecule has 1 aliphatic heterocycles. The maximum atomic E-state index is 13.5. The fourth-order valence-corrected chi connectivity index (χ4v) is 6.78. The smallest absolute Gasteiger partial charge is 0.242 e. The molecule has 1 saturated carbocycles. The summed E-state index contributed by atoms with van der Waals surface area (Å²) in [5.74, 6) is -0.0250. The highest BCUT2D eigenvalue weighted by Crippen LogP contribution is 2.31. The first-order valence-electron chi connectivity index (χ1n) is 14.2. The number of nitrogens with one attached hydrogen (secondary N) is 1. The molecule has 0 bridgehead atoms. The van der Waals surface area contributed by atoms with Crippen LogP contribution in [0.15, 0.2) is 47.4 Å². The van der Waals surface area contributed by atoms with E-state index in [2.05, 4.69) is 5.32 Å². The van der Waals surface area contributed by atoms with Crippen LogP contribution in [0.1, 0.15) is 51.5 Å². The largest absolute Gasteiger partial charge is 0.488 e. The van der Waals surface area contributed by atoms with Gasteiger partial charge in [0.05, 0.1) is 30.5 Å². The van der Waals surface area contributed by atoms with E-state index in [9.17, 15) is 23.1 Å². The number of aliphatic hydroxyl groups is 1. The van der Waals surface area contributed by atoms with Gasteiger partial charge < -0.3 is 20.1 Å². The number of likely N-dealkylation sites (N-methyl/N-ethyl adjacent to an activating group) is 1. The van der Waals surface area contributed by atoms with Crippen molar-refractivity contribution in [2.24, 2.45) is 11.8 Å². The molecule has 41 heavy (non-hydrogen) atoms. The van der Waals surface area contributed by atoms with Crippen molar-refractivity contribution in [3.8, 4) is 5.75 Å². The molecule has 0 unspecified atom stereocenters. The van der Waals surface area contributed by atoms with E-state index < -0.39 is 22.2 Å². The number of nitrogens with zero attached hydrogens (tertiary/aromatic N) is 2. The van der Waals surface area contributed by atoms with Crippen LogP contribution >= 0.6 is 11.6 Å². The number of aliphatic hydroxyl groups excluding tert-OH is 1. The molecule has 2 amide bonds. The van der Waals surface area contributed by atoms with E-state index in [1.165, 1.54) is 35.6 Å². The van der Waals surface area contributed by atoms with E-state index in [1.54, 1.807) is 30.0 Å². The van der Waals surface area contributed by atoms with Crippen molar-refractivity contribution >= 4 is 39.1 Å². The molecule has 2 N–H and O–H groups in total. The quantitative estimate of drug-likeness (QED) is 0.463. The lowest BCUT2D eigenvalue weighted by atomic mass is 9.88. The number of fused-ring (bicyclic) bond motifs is 1. The van der Waals surface area contributed by atoms with Gasteiger partial charge in [-0.15, -0.1) is 0 Å². The van der Waals surface area contributed by atoms with Crippen LogP contribution in [0.3, 0.4) is 0 Å². The Bertz CT molecular complexity index is 1330. The zero-order chi connectivity index (χ0) is 29.7. The second-order valence-corrected chi connectivity index (χ2v) is 13.8. The number of anilines is 1. The summed E-state index contributed by atoms with van der Waals surface area (Å²) in [4.78, 5) is 28.1. The number of halogens is 1. The minimum absolute atomic E-state index is 0.0175. The van der Waals surface area contributed by atoms with Gasteiger partial charge in [-0.2, -0.15) is 4.31 Å². The molecule has 0 aromatic heterocycles. The molecule has 0 radical (unpaired) electrons. The molecule has 1 fully saturated rings. The van der Waals surface area contributed by atoms with Crippen LogP contribution in [-0.4, -0.2) is 73.4 Å². The fraction of sp³-hybridized carbons (Fsp3) is 0.533. The summed E-state index contributed by atoms with van der Waals surface area (Å²) in [6.07, 6.45) is 4.40. The lowest BCUT2D eigenvalue weighted by Gasteiger charge is -2.33. The Labute approximate surface area is 247 Å². The van der Waals surface area contributed by atoms with Crippen LogP contribution in [0.25, 0.3) is 0 Å². The fourth-order valence-electron chi connectivity index (χ4n) is 5.47. The zero-order valence-electron chi connectivity index (χ0n) is 23.9. The van der Waals surface area contributed by atoms with Crippen LogP contribution in [-0.2, 0) is 26.0 Å². The van der Waals surface area contributed by atoms with Gasteiger partial charge in [0.1, 0.15) is 11.9 Å². The average molecular weight is 606 g/mol. The third-order valence-corrected chi connectivity index (χ3v) is 10.2. The van der Waals surface area contributed by atoms with E-state index in [1.807, 2.05) is 6.92 Å². The number of hydrogen-bond donors (Lipinski definition) is 2. The standard InChI is InChI=1S/C30H40ClN3O6S/c1-20-17-34(21(2)19-35)29(36)16-23-15-25(32-30(37)22-7-5-4-6-8-22)11-14-27(23)40-28(20)18-33(3)41(38,39)26-12-9-24(31)10-13-26/h9-15,20-22,28,35H,4-8,16-19H2,1-3H3,(H,32,37)/t20-,21-,28-/m1/s1. The van der Waals surface area contributed by atoms with Gasteiger partial charge in [-0.1, -0.05) is 37.8 Å². The normalized spacial score (nSPS) is 21.3. The molecule has 0 saturated heterocycles. The third kappa shape index (κ3) is 7.60. The highest BCUT2D eigenvalue weighted by Gasteiger charge is 2.33. The number of sulfonamides is 1. The van der Waals surface area contributed by atoms with Gasteiger partial charge in [0.25, 0.3) is 0 Å². The summed E-state index contributed by atoms with van der Waals surface area (Å²) in [5.41, 5.74) is 1.18. The van der Waals surface area contributed by atoms with Crippen molar-refractivity contribution in [1.82, 2.24) is 9.21 Å². The van der Waals surface area contributed by atoms with E-state index >= 15 is 0 Å². The van der Waals surface area contributed by atoms with Gasteiger partial charge in [0.2, 0.25) is 21.8 Å². The van der Waals surface area contributed by atoms with E-state index in [0.717, 1.165) is 32.1 Å². The average Bonchev–Trinajstić information content (AvgIpc) is 3.00. The predicted molar refractivity (Wildman–Crippen MR) is 158 cm³/mol. The summed E-state index contributed by atoms with van der Waals surface area (Å²) in [7, 11) is -2.34. The topological polar surface area (TPSA) is 116 Å². The maximum Gasteiger partial charge on any atom is 0.242 e. The molecule has 2 aromatic rings. The number of benzene rings is 2. The van der Waals surface area contributed by atoms with Crippen LogP contribution in [0.4, 0.5) is 5.69 Å². The molecule has 9 nitrogen and oxygen atoms in total. The number of carbonyl (C=O) groups excluding carboxylic acids is 2. The minimum atomic E-state index is -3.84. The Morgan fingerprint density at radius 2 is 1.85 bits per heavy atom. The molecule has 1 heterocycles. The first-order chi connectivity index (χ1) is 19.5. The van der Waals surface area contributed by atoms with E-state index in [4.69, 9.17) is 16.3 Å². The van der Waals surface area contributed by atoms with Gasteiger partial charge >= 0.3 is 0 Å². The summed E-state index contributed by atoms with van der Waals surface area (Å²) in [6.45, 7) is 3.78. The van der Waals surface area contributed by atoms with Gasteiger partial charge in [0.15, 0.2) is 0 Å². The Morgan fingerprint density at radius 3 is 2.51 bits per heavy atom. The molecule has 2 aromatic carbocycles. The van der Waals surface area contributed by atoms with Crippen LogP contribution in [0, 0.1) is 11.8 Å². The first-order valence-corrected chi connectivity index (χ1v) is 16.0. The van der Waals surface area contributed by atoms with Crippen molar-refractivity contribution in [1.29, 1.82) is 0 Å². The minimum Gasteiger partial charge on any atom is -0.488 e. The monoisotopic (exact) mass is 605 g/mol. The van der Waals surface area contributed by atoms with Crippen molar-refractivity contribution < 1.29 is 27.9 Å². The third-order valence-electron chi connectivity index (χ3n) is 8.12. The maximum absolute atomic E-state index is 13.5. The van der Waals surface area contributed by atoms with E-state index in [0.29, 0.717) is 22.0 Å². The van der Waals surface area contributed by atoms with Crippen LogP contribution < -0.4 is 10.1 Å². The molecule has 224 valence electrons. The van der Waals surface area contributed by atoms with Crippen molar-refractivity contribution in [3.63, 3.8) is 0 Å².